The molecule has 1 fully saturated rings. The molecule has 1 aliphatic heterocycles. The molecule has 0 saturated carbocycles. The molecular formula is C24H29N3O4. The number of carbonyl (C=O) groups excluding carboxylic acids is 2. The second kappa shape index (κ2) is 9.92. The van der Waals surface area contributed by atoms with Gasteiger partial charge in [-0.2, -0.15) is 0 Å². The average molecular weight is 424 g/mol. The number of nitrogens with zero attached hydrogens (tertiary/aromatic N) is 3. The first kappa shape index (κ1) is 21.3. The zero-order chi connectivity index (χ0) is 21.6. The molecule has 1 aromatic carbocycles. The number of hydrogen-bond donors (Lipinski definition) is 0. The summed E-state index contributed by atoms with van der Waals surface area (Å²) in [5.74, 6) is 0.192. The maximum Gasteiger partial charge on any atom is 0.343 e. The van der Waals surface area contributed by atoms with E-state index < -0.39 is 5.97 Å². The summed E-state index contributed by atoms with van der Waals surface area (Å²) in [4.78, 5) is 33.1. The Morgan fingerprint density at radius 2 is 1.74 bits per heavy atom. The van der Waals surface area contributed by atoms with Crippen molar-refractivity contribution in [3.63, 3.8) is 0 Å². The molecule has 7 heteroatoms. The summed E-state index contributed by atoms with van der Waals surface area (Å²) in [6.45, 7) is 3.83. The molecule has 4 rings (SSSR count). The van der Waals surface area contributed by atoms with Crippen LogP contribution in [0, 0.1) is 0 Å². The van der Waals surface area contributed by atoms with Gasteiger partial charge in [-0.05, 0) is 61.6 Å². The van der Waals surface area contributed by atoms with E-state index in [0.29, 0.717) is 17.9 Å². The number of carbonyl (C=O) groups is 2. The summed E-state index contributed by atoms with van der Waals surface area (Å²) in [5.41, 5.74) is 4.67. The van der Waals surface area contributed by atoms with Crippen molar-refractivity contribution in [1.82, 2.24) is 9.88 Å². The molecule has 1 saturated heterocycles. The van der Waals surface area contributed by atoms with Crippen LogP contribution in [0.2, 0.25) is 0 Å². The van der Waals surface area contributed by atoms with E-state index in [1.54, 1.807) is 24.3 Å². The van der Waals surface area contributed by atoms with Crippen LogP contribution in [0.3, 0.4) is 0 Å². The highest BCUT2D eigenvalue weighted by atomic mass is 16.6. The molecule has 0 amide bonds. The fourth-order valence-corrected chi connectivity index (χ4v) is 4.28. The van der Waals surface area contributed by atoms with Gasteiger partial charge < -0.3 is 14.4 Å². The number of benzene rings is 1. The summed E-state index contributed by atoms with van der Waals surface area (Å²) >= 11 is 0. The van der Waals surface area contributed by atoms with Crippen LogP contribution in [0.25, 0.3) is 0 Å². The van der Waals surface area contributed by atoms with E-state index in [9.17, 15) is 9.59 Å². The van der Waals surface area contributed by atoms with Crippen molar-refractivity contribution < 1.29 is 19.1 Å². The van der Waals surface area contributed by atoms with Crippen molar-refractivity contribution in [2.75, 3.05) is 51.3 Å². The Bertz CT molecular complexity index is 921. The van der Waals surface area contributed by atoms with E-state index in [1.807, 2.05) is 6.20 Å². The van der Waals surface area contributed by atoms with Crippen molar-refractivity contribution in [2.24, 2.45) is 0 Å². The van der Waals surface area contributed by atoms with Gasteiger partial charge in [-0.15, -0.1) is 0 Å². The van der Waals surface area contributed by atoms with Crippen LogP contribution in [0.1, 0.15) is 34.5 Å². The van der Waals surface area contributed by atoms with Crippen LogP contribution in [-0.4, -0.2) is 68.1 Å². The lowest BCUT2D eigenvalue weighted by molar-refractivity contribution is -0.142. The first-order valence-corrected chi connectivity index (χ1v) is 10.9. The minimum absolute atomic E-state index is 0.0919. The lowest BCUT2D eigenvalue weighted by Crippen LogP contribution is -2.48. The summed E-state index contributed by atoms with van der Waals surface area (Å²) < 4.78 is 9.88. The topological polar surface area (TPSA) is 72.0 Å². The Morgan fingerprint density at radius 1 is 1.00 bits per heavy atom. The zero-order valence-corrected chi connectivity index (χ0v) is 18.0. The molecule has 31 heavy (non-hydrogen) atoms. The van der Waals surface area contributed by atoms with Crippen molar-refractivity contribution in [3.8, 4) is 5.75 Å². The number of ketones is 1. The van der Waals surface area contributed by atoms with E-state index in [0.717, 1.165) is 39.0 Å². The molecule has 7 nitrogen and oxygen atoms in total. The first-order chi connectivity index (χ1) is 15.1. The van der Waals surface area contributed by atoms with Crippen LogP contribution in [-0.2, 0) is 22.4 Å². The SMILES string of the molecule is COC(=O)COc1ccc(C(=O)CN2CCN(c3ccnc4c3CCCC4)CC2)cc1. The van der Waals surface area contributed by atoms with Crippen molar-refractivity contribution >= 4 is 17.4 Å². The summed E-state index contributed by atoms with van der Waals surface area (Å²) in [6.07, 6.45) is 6.62. The normalized spacial score (nSPS) is 16.5. The highest BCUT2D eigenvalue weighted by molar-refractivity contribution is 5.97. The van der Waals surface area contributed by atoms with Gasteiger partial charge in [0.05, 0.1) is 13.7 Å². The van der Waals surface area contributed by atoms with Gasteiger partial charge in [0.15, 0.2) is 12.4 Å². The van der Waals surface area contributed by atoms with E-state index in [4.69, 9.17) is 4.74 Å². The minimum atomic E-state index is -0.438. The van der Waals surface area contributed by atoms with Gasteiger partial charge in [-0.25, -0.2) is 4.79 Å². The van der Waals surface area contributed by atoms with Crippen LogP contribution < -0.4 is 9.64 Å². The molecule has 2 heterocycles. The number of fused-ring (bicyclic) bond motifs is 1. The van der Waals surface area contributed by atoms with Crippen LogP contribution >= 0.6 is 0 Å². The van der Waals surface area contributed by atoms with Gasteiger partial charge >= 0.3 is 5.97 Å². The Kier molecular flexibility index (Phi) is 6.82. The molecule has 2 aromatic rings. The number of aromatic nitrogens is 1. The number of aryl methyl sites for hydroxylation is 1. The maximum atomic E-state index is 12.7. The summed E-state index contributed by atoms with van der Waals surface area (Å²) in [6, 6.07) is 9.05. The Hall–Kier alpha value is -2.93. The second-order valence-electron chi connectivity index (χ2n) is 8.04. The van der Waals surface area contributed by atoms with Gasteiger partial charge in [-0.3, -0.25) is 14.7 Å². The number of anilines is 1. The van der Waals surface area contributed by atoms with Crippen LogP contribution in [0.15, 0.2) is 36.5 Å². The number of rotatable bonds is 7. The van der Waals surface area contributed by atoms with Gasteiger partial charge in [0.2, 0.25) is 0 Å². The number of hydrogen-bond acceptors (Lipinski definition) is 7. The summed E-state index contributed by atoms with van der Waals surface area (Å²) in [7, 11) is 1.32. The van der Waals surface area contributed by atoms with Gasteiger partial charge in [0.1, 0.15) is 5.75 Å². The average Bonchev–Trinajstić information content (AvgIpc) is 2.83. The monoisotopic (exact) mass is 423 g/mol. The number of piperazine rings is 1. The molecule has 0 bridgehead atoms. The molecular weight excluding hydrogens is 394 g/mol. The van der Waals surface area contributed by atoms with E-state index >= 15 is 0 Å². The van der Waals surface area contributed by atoms with Crippen LogP contribution in [0.4, 0.5) is 5.69 Å². The predicted octanol–water partition coefficient (Wildman–Crippen LogP) is 2.52. The van der Waals surface area contributed by atoms with Crippen LogP contribution in [0.5, 0.6) is 5.75 Å². The van der Waals surface area contributed by atoms with Crippen molar-refractivity contribution in [2.45, 2.75) is 25.7 Å². The summed E-state index contributed by atoms with van der Waals surface area (Å²) in [5, 5.41) is 0. The second-order valence-corrected chi connectivity index (χ2v) is 8.04. The molecule has 1 aliphatic carbocycles. The fourth-order valence-electron chi connectivity index (χ4n) is 4.28. The zero-order valence-electron chi connectivity index (χ0n) is 18.0. The number of Topliss-reactive ketones (excluding diaryl/α,β-unsaturated/α-hetero) is 1. The van der Waals surface area contributed by atoms with Crippen molar-refractivity contribution in [3.05, 3.63) is 53.3 Å². The Morgan fingerprint density at radius 3 is 2.48 bits per heavy atom. The molecule has 164 valence electrons. The lowest BCUT2D eigenvalue weighted by Gasteiger charge is -2.37. The van der Waals surface area contributed by atoms with Crippen molar-refractivity contribution in [1.29, 1.82) is 0 Å². The molecule has 0 unspecified atom stereocenters. The van der Waals surface area contributed by atoms with E-state index in [1.165, 1.54) is 36.9 Å². The Labute approximate surface area is 183 Å². The first-order valence-electron chi connectivity index (χ1n) is 10.9. The van der Waals surface area contributed by atoms with Gasteiger partial charge in [-0.1, -0.05) is 0 Å². The molecule has 1 aromatic heterocycles. The number of esters is 1. The number of pyridine rings is 1. The Balaban J connectivity index is 1.29. The fraction of sp³-hybridized carbons (Fsp3) is 0.458. The molecule has 0 spiro atoms. The van der Waals surface area contributed by atoms with Gasteiger partial charge in [0.25, 0.3) is 0 Å². The standard InChI is InChI=1S/C24H29N3O4/c1-30-24(29)17-31-19-8-6-18(7-9-19)23(28)16-26-12-14-27(15-13-26)22-10-11-25-21-5-3-2-4-20(21)22/h6-11H,2-5,12-17H2,1H3. The maximum absolute atomic E-state index is 12.7. The third-order valence-electron chi connectivity index (χ3n) is 6.05. The molecule has 0 radical (unpaired) electrons. The highest BCUT2D eigenvalue weighted by Crippen LogP contribution is 2.29. The third kappa shape index (κ3) is 5.22. The third-order valence-corrected chi connectivity index (χ3v) is 6.05. The molecule has 2 aliphatic rings. The van der Waals surface area contributed by atoms with E-state index in [-0.39, 0.29) is 12.4 Å². The largest absolute Gasteiger partial charge is 0.482 e. The predicted molar refractivity (Wildman–Crippen MR) is 118 cm³/mol. The van der Waals surface area contributed by atoms with Gasteiger partial charge in [0, 0.05) is 49.3 Å². The minimum Gasteiger partial charge on any atom is -0.482 e. The highest BCUT2D eigenvalue weighted by Gasteiger charge is 2.23. The quantitative estimate of drug-likeness (QED) is 0.501. The molecule has 0 atom stereocenters. The molecule has 0 N–H and O–H groups in total. The number of ether oxygens (including phenoxy) is 2. The lowest BCUT2D eigenvalue weighted by atomic mass is 9.94. The smallest absolute Gasteiger partial charge is 0.343 e. The van der Waals surface area contributed by atoms with E-state index in [2.05, 4.69) is 25.6 Å². The number of methoxy groups -OCH3 is 1.